The molecular weight excluding hydrogens is 356 g/mol. The van der Waals surface area contributed by atoms with Crippen LogP contribution in [0.25, 0.3) is 0 Å². The Kier molecular flexibility index (Phi) is 5.48. The van der Waals surface area contributed by atoms with Gasteiger partial charge in [-0.05, 0) is 50.5 Å². The smallest absolute Gasteiger partial charge is 0.348 e. The molecule has 0 unspecified atom stereocenters. The predicted octanol–water partition coefficient (Wildman–Crippen LogP) is 3.39. The van der Waals surface area contributed by atoms with Crippen LogP contribution in [0.5, 0.6) is 0 Å². The van der Waals surface area contributed by atoms with Gasteiger partial charge in [-0.1, -0.05) is 0 Å². The quantitative estimate of drug-likeness (QED) is 0.485. The van der Waals surface area contributed by atoms with Crippen molar-refractivity contribution in [1.29, 1.82) is 0 Å². The molecule has 0 saturated carbocycles. The lowest BCUT2D eigenvalue weighted by molar-refractivity contribution is -0.384. The average molecular weight is 376 g/mol. The van der Waals surface area contributed by atoms with Gasteiger partial charge in [0.1, 0.15) is 10.7 Å². The molecule has 1 aliphatic heterocycles. The van der Waals surface area contributed by atoms with Gasteiger partial charge in [0.25, 0.3) is 5.69 Å². The van der Waals surface area contributed by atoms with Gasteiger partial charge < -0.3 is 15.0 Å². The summed E-state index contributed by atoms with van der Waals surface area (Å²) in [7, 11) is 3.46. The first-order valence-corrected chi connectivity index (χ1v) is 9.07. The van der Waals surface area contributed by atoms with E-state index in [1.165, 1.54) is 36.8 Å². The SMILES string of the molecule is COC(=O)c1sc(Nc2cc([N+](=O)[O-])ccn2)cc1C1CCN(C)CC1. The van der Waals surface area contributed by atoms with Crippen molar-refractivity contribution < 1.29 is 14.5 Å². The van der Waals surface area contributed by atoms with E-state index in [2.05, 4.69) is 22.2 Å². The van der Waals surface area contributed by atoms with E-state index in [1.54, 1.807) is 0 Å². The molecule has 1 aliphatic rings. The maximum absolute atomic E-state index is 12.2. The molecule has 0 radical (unpaired) electrons. The Balaban J connectivity index is 1.87. The Morgan fingerprint density at radius 2 is 2.15 bits per heavy atom. The zero-order valence-corrected chi connectivity index (χ0v) is 15.4. The Labute approximate surface area is 154 Å². The van der Waals surface area contributed by atoms with Gasteiger partial charge in [-0.25, -0.2) is 9.78 Å². The van der Waals surface area contributed by atoms with Crippen molar-refractivity contribution in [3.05, 3.63) is 45.0 Å². The highest BCUT2D eigenvalue weighted by Crippen LogP contribution is 2.38. The summed E-state index contributed by atoms with van der Waals surface area (Å²) in [5.41, 5.74) is 0.936. The fraction of sp³-hybridized carbons (Fsp3) is 0.412. The van der Waals surface area contributed by atoms with E-state index >= 15 is 0 Å². The molecule has 2 aromatic heterocycles. The number of carbonyl (C=O) groups is 1. The summed E-state index contributed by atoms with van der Waals surface area (Å²) in [6, 6.07) is 4.64. The minimum absolute atomic E-state index is 0.0391. The monoisotopic (exact) mass is 376 g/mol. The van der Waals surface area contributed by atoms with Gasteiger partial charge in [0.05, 0.1) is 23.1 Å². The molecule has 1 N–H and O–H groups in total. The van der Waals surface area contributed by atoms with Crippen molar-refractivity contribution in [2.24, 2.45) is 0 Å². The number of likely N-dealkylation sites (tertiary alicyclic amines) is 1. The number of ether oxygens (including phenoxy) is 1. The molecule has 1 fully saturated rings. The Bertz CT molecular complexity index is 815. The van der Waals surface area contributed by atoms with Crippen LogP contribution in [-0.4, -0.2) is 48.0 Å². The van der Waals surface area contributed by atoms with Crippen molar-refractivity contribution in [2.75, 3.05) is 32.6 Å². The van der Waals surface area contributed by atoms with Crippen molar-refractivity contribution in [3.63, 3.8) is 0 Å². The van der Waals surface area contributed by atoms with Crippen molar-refractivity contribution >= 4 is 33.8 Å². The van der Waals surface area contributed by atoms with E-state index in [9.17, 15) is 14.9 Å². The largest absolute Gasteiger partial charge is 0.465 e. The van der Waals surface area contributed by atoms with Crippen LogP contribution in [0.1, 0.15) is 34.0 Å². The van der Waals surface area contributed by atoms with Gasteiger partial charge in [-0.15, -0.1) is 11.3 Å². The van der Waals surface area contributed by atoms with Crippen molar-refractivity contribution in [3.8, 4) is 0 Å². The van der Waals surface area contributed by atoms with Gasteiger partial charge in [0.2, 0.25) is 0 Å². The highest BCUT2D eigenvalue weighted by atomic mass is 32.1. The van der Waals surface area contributed by atoms with Crippen LogP contribution in [0.4, 0.5) is 16.5 Å². The number of piperidine rings is 1. The molecule has 0 bridgehead atoms. The fourth-order valence-corrected chi connectivity index (χ4v) is 4.14. The minimum atomic E-state index is -0.467. The topological polar surface area (TPSA) is 97.6 Å². The molecular formula is C17H20N4O4S. The van der Waals surface area contributed by atoms with Gasteiger partial charge >= 0.3 is 5.97 Å². The van der Waals surface area contributed by atoms with Gasteiger partial charge in [-0.3, -0.25) is 10.1 Å². The molecule has 8 nitrogen and oxygen atoms in total. The molecule has 0 aliphatic carbocycles. The number of methoxy groups -OCH3 is 1. The standard InChI is InChI=1S/C17H20N4O4S/c1-20-7-4-11(5-8-20)13-10-15(26-16(13)17(22)25-2)19-14-9-12(21(23)24)3-6-18-14/h3,6,9-11H,4-5,7-8H2,1-2H3,(H,18,19). The second-order valence-corrected chi connectivity index (χ2v) is 7.30. The highest BCUT2D eigenvalue weighted by molar-refractivity contribution is 7.18. The van der Waals surface area contributed by atoms with Crippen LogP contribution in [0.2, 0.25) is 0 Å². The first-order chi connectivity index (χ1) is 12.5. The summed E-state index contributed by atoms with van der Waals surface area (Å²) >= 11 is 1.29. The Hall–Kier alpha value is -2.52. The van der Waals surface area contributed by atoms with E-state index < -0.39 is 4.92 Å². The lowest BCUT2D eigenvalue weighted by Gasteiger charge is -2.29. The first kappa shape index (κ1) is 18.3. The summed E-state index contributed by atoms with van der Waals surface area (Å²) in [5, 5.41) is 14.7. The number of carbonyl (C=O) groups excluding carboxylic acids is 1. The number of nitrogens with one attached hydrogen (secondary N) is 1. The van der Waals surface area contributed by atoms with E-state index in [4.69, 9.17) is 4.74 Å². The second kappa shape index (κ2) is 7.79. The summed E-state index contributed by atoms with van der Waals surface area (Å²) in [6.07, 6.45) is 3.34. The predicted molar refractivity (Wildman–Crippen MR) is 99.3 cm³/mol. The molecule has 0 spiro atoms. The van der Waals surface area contributed by atoms with Crippen molar-refractivity contribution in [2.45, 2.75) is 18.8 Å². The van der Waals surface area contributed by atoms with E-state index in [1.807, 2.05) is 6.07 Å². The lowest BCUT2D eigenvalue weighted by Crippen LogP contribution is -2.29. The zero-order chi connectivity index (χ0) is 18.7. The van der Waals surface area contributed by atoms with Crippen LogP contribution < -0.4 is 5.32 Å². The number of aromatic nitrogens is 1. The average Bonchev–Trinajstić information content (AvgIpc) is 3.05. The molecule has 138 valence electrons. The van der Waals surface area contributed by atoms with Gasteiger partial charge in [-0.2, -0.15) is 0 Å². The van der Waals surface area contributed by atoms with Crippen LogP contribution in [0.15, 0.2) is 24.4 Å². The number of anilines is 2. The number of hydrogen-bond donors (Lipinski definition) is 1. The Morgan fingerprint density at radius 1 is 1.42 bits per heavy atom. The first-order valence-electron chi connectivity index (χ1n) is 8.26. The van der Waals surface area contributed by atoms with Crippen LogP contribution in [-0.2, 0) is 4.74 Å². The highest BCUT2D eigenvalue weighted by Gasteiger charge is 2.26. The Morgan fingerprint density at radius 3 is 2.81 bits per heavy atom. The van der Waals surface area contributed by atoms with Crippen LogP contribution >= 0.6 is 11.3 Å². The van der Waals surface area contributed by atoms with Gasteiger partial charge in [0.15, 0.2) is 0 Å². The molecule has 0 aromatic carbocycles. The molecule has 0 amide bonds. The summed E-state index contributed by atoms with van der Waals surface area (Å²) in [5.74, 6) is 0.306. The van der Waals surface area contributed by atoms with Crippen molar-refractivity contribution in [1.82, 2.24) is 9.88 Å². The van der Waals surface area contributed by atoms with Crippen LogP contribution in [0.3, 0.4) is 0 Å². The maximum atomic E-state index is 12.2. The molecule has 9 heteroatoms. The molecule has 3 heterocycles. The summed E-state index contributed by atoms with van der Waals surface area (Å²) < 4.78 is 4.93. The zero-order valence-electron chi connectivity index (χ0n) is 14.6. The number of pyridine rings is 1. The summed E-state index contributed by atoms with van der Waals surface area (Å²) in [6.45, 7) is 1.96. The van der Waals surface area contributed by atoms with Crippen LogP contribution in [0, 0.1) is 10.1 Å². The maximum Gasteiger partial charge on any atom is 0.348 e. The number of thiophene rings is 1. The van der Waals surface area contributed by atoms with Gasteiger partial charge in [0, 0.05) is 12.3 Å². The van der Waals surface area contributed by atoms with E-state index in [0.717, 1.165) is 31.5 Å². The lowest BCUT2D eigenvalue weighted by atomic mass is 9.90. The molecule has 1 saturated heterocycles. The normalized spacial score (nSPS) is 15.6. The third-order valence-electron chi connectivity index (χ3n) is 4.50. The molecule has 26 heavy (non-hydrogen) atoms. The molecule has 3 rings (SSSR count). The number of rotatable bonds is 5. The number of nitrogens with zero attached hydrogens (tertiary/aromatic N) is 3. The number of nitro groups is 1. The third-order valence-corrected chi connectivity index (χ3v) is 5.54. The second-order valence-electron chi connectivity index (χ2n) is 6.25. The fourth-order valence-electron chi connectivity index (χ4n) is 3.07. The third kappa shape index (κ3) is 4.00. The van der Waals surface area contributed by atoms with E-state index in [-0.39, 0.29) is 11.7 Å². The molecule has 2 aromatic rings. The van der Waals surface area contributed by atoms with E-state index in [0.29, 0.717) is 21.6 Å². The minimum Gasteiger partial charge on any atom is -0.465 e. The molecule has 0 atom stereocenters. The summed E-state index contributed by atoms with van der Waals surface area (Å²) in [4.78, 5) is 29.6. The number of esters is 1. The number of hydrogen-bond acceptors (Lipinski definition) is 8.